The third-order valence-electron chi connectivity index (χ3n) is 2.20. The third kappa shape index (κ3) is 1.37. The number of ether oxygens (including phenoxy) is 2. The smallest absolute Gasteiger partial charge is 0.377 e. The highest BCUT2D eigenvalue weighted by atomic mass is 16.8. The number of carbonyl (C=O) groups excluding carboxylic acids is 1. The van der Waals surface area contributed by atoms with E-state index in [9.17, 15) is 9.59 Å². The molecule has 5 nitrogen and oxygen atoms in total. The molecule has 80 valence electrons. The quantitative estimate of drug-likeness (QED) is 0.670. The molecule has 0 saturated carbocycles. The van der Waals surface area contributed by atoms with Crippen LogP contribution < -0.4 is 0 Å². The molecular weight excluding hydrogens is 188 g/mol. The van der Waals surface area contributed by atoms with E-state index in [0.717, 1.165) is 0 Å². The fraction of sp³-hybridized carbons (Fsp3) is 0.778. The molecule has 0 radical (unpaired) electrons. The minimum absolute atomic E-state index is 0.439. The van der Waals surface area contributed by atoms with Gasteiger partial charge in [0.25, 0.3) is 0 Å². The van der Waals surface area contributed by atoms with E-state index < -0.39 is 29.2 Å². The largest absolute Gasteiger partial charge is 0.476 e. The molecule has 1 heterocycles. The van der Waals surface area contributed by atoms with Crippen LogP contribution in [0, 0.1) is 5.92 Å². The van der Waals surface area contributed by atoms with Gasteiger partial charge in [0.1, 0.15) is 0 Å². The van der Waals surface area contributed by atoms with Crippen LogP contribution in [0.5, 0.6) is 0 Å². The second-order valence-corrected chi connectivity index (χ2v) is 4.13. The molecule has 1 aliphatic rings. The monoisotopic (exact) mass is 202 g/mol. The van der Waals surface area contributed by atoms with E-state index >= 15 is 0 Å². The molecule has 0 spiro atoms. The zero-order valence-electron chi connectivity index (χ0n) is 8.66. The highest BCUT2D eigenvalue weighted by Crippen LogP contribution is 2.37. The van der Waals surface area contributed by atoms with Gasteiger partial charge in [-0.1, -0.05) is 13.8 Å². The lowest BCUT2D eigenvalue weighted by Crippen LogP contribution is -2.46. The van der Waals surface area contributed by atoms with Crippen molar-refractivity contribution in [2.24, 2.45) is 5.92 Å². The van der Waals surface area contributed by atoms with Gasteiger partial charge in [-0.25, -0.2) is 9.59 Å². The molecule has 0 unspecified atom stereocenters. The standard InChI is InChI=1S/C9H14O5/c1-5(2)9(6(10)11)13-7(12)8(3,4)14-9/h5H,1-4H3,(H,10,11)/t9-/m1/s1. The molecule has 0 amide bonds. The summed E-state index contributed by atoms with van der Waals surface area (Å²) in [6.45, 7) is 6.23. The Balaban J connectivity index is 3.07. The fourth-order valence-electron chi connectivity index (χ4n) is 1.27. The van der Waals surface area contributed by atoms with Crippen molar-refractivity contribution in [2.75, 3.05) is 0 Å². The Morgan fingerprint density at radius 3 is 2.07 bits per heavy atom. The van der Waals surface area contributed by atoms with Crippen LogP contribution >= 0.6 is 0 Å². The van der Waals surface area contributed by atoms with Crippen LogP contribution in [0.4, 0.5) is 0 Å². The van der Waals surface area contributed by atoms with Crippen LogP contribution in [0.2, 0.25) is 0 Å². The lowest BCUT2D eigenvalue weighted by atomic mass is 10.0. The Morgan fingerprint density at radius 1 is 1.43 bits per heavy atom. The fourth-order valence-corrected chi connectivity index (χ4v) is 1.27. The molecule has 1 atom stereocenters. The lowest BCUT2D eigenvalue weighted by Gasteiger charge is -2.26. The lowest BCUT2D eigenvalue weighted by molar-refractivity contribution is -0.226. The van der Waals surface area contributed by atoms with Gasteiger partial charge in [-0.3, -0.25) is 0 Å². The summed E-state index contributed by atoms with van der Waals surface area (Å²) in [6, 6.07) is 0. The number of aliphatic carboxylic acids is 1. The van der Waals surface area contributed by atoms with Crippen LogP contribution in [-0.4, -0.2) is 28.4 Å². The highest BCUT2D eigenvalue weighted by molar-refractivity contribution is 5.88. The van der Waals surface area contributed by atoms with E-state index in [-0.39, 0.29) is 0 Å². The summed E-state index contributed by atoms with van der Waals surface area (Å²) in [4.78, 5) is 22.3. The van der Waals surface area contributed by atoms with Crippen molar-refractivity contribution in [1.82, 2.24) is 0 Å². The summed E-state index contributed by atoms with van der Waals surface area (Å²) in [5.41, 5.74) is -1.19. The molecule has 14 heavy (non-hydrogen) atoms. The summed E-state index contributed by atoms with van der Waals surface area (Å²) >= 11 is 0. The van der Waals surface area contributed by atoms with Gasteiger partial charge in [0, 0.05) is 5.92 Å². The maximum atomic E-state index is 11.3. The summed E-state index contributed by atoms with van der Waals surface area (Å²) in [5, 5.41) is 8.98. The number of carboxylic acid groups (broad SMARTS) is 1. The summed E-state index contributed by atoms with van der Waals surface area (Å²) in [6.07, 6.45) is 0. The molecule has 0 aromatic carbocycles. The third-order valence-corrected chi connectivity index (χ3v) is 2.20. The number of carbonyl (C=O) groups is 2. The van der Waals surface area contributed by atoms with Crippen molar-refractivity contribution in [1.29, 1.82) is 0 Å². The van der Waals surface area contributed by atoms with Crippen molar-refractivity contribution in [3.05, 3.63) is 0 Å². The molecule has 5 heteroatoms. The summed E-state index contributed by atoms with van der Waals surface area (Å²) in [7, 11) is 0. The Bertz CT molecular complexity index is 281. The Hall–Kier alpha value is -1.10. The number of rotatable bonds is 2. The van der Waals surface area contributed by atoms with E-state index in [0.29, 0.717) is 0 Å². The minimum Gasteiger partial charge on any atom is -0.476 e. The Morgan fingerprint density at radius 2 is 1.93 bits per heavy atom. The molecule has 1 saturated heterocycles. The van der Waals surface area contributed by atoms with Crippen LogP contribution in [0.25, 0.3) is 0 Å². The van der Waals surface area contributed by atoms with E-state index in [2.05, 4.69) is 0 Å². The first-order valence-electron chi connectivity index (χ1n) is 4.39. The van der Waals surface area contributed by atoms with Crippen LogP contribution in [-0.2, 0) is 19.1 Å². The second-order valence-electron chi connectivity index (χ2n) is 4.13. The molecule has 1 fully saturated rings. The minimum atomic E-state index is -1.83. The number of carboxylic acids is 1. The van der Waals surface area contributed by atoms with Crippen molar-refractivity contribution >= 4 is 11.9 Å². The normalized spacial score (nSPS) is 30.5. The van der Waals surface area contributed by atoms with Gasteiger partial charge in [0.05, 0.1) is 0 Å². The van der Waals surface area contributed by atoms with Gasteiger partial charge < -0.3 is 14.6 Å². The SMILES string of the molecule is CC(C)[C@@]1(C(=O)O)OC(=O)C(C)(C)O1. The first kappa shape index (κ1) is 11.0. The molecule has 0 aromatic rings. The Labute approximate surface area is 82.0 Å². The second kappa shape index (κ2) is 2.95. The van der Waals surface area contributed by atoms with Gasteiger partial charge >= 0.3 is 17.7 Å². The number of hydrogen-bond acceptors (Lipinski definition) is 4. The van der Waals surface area contributed by atoms with E-state index in [1.54, 1.807) is 13.8 Å². The van der Waals surface area contributed by atoms with Crippen LogP contribution in [0.15, 0.2) is 0 Å². The predicted octanol–water partition coefficient (Wildman–Crippen LogP) is 0.775. The number of hydrogen-bond donors (Lipinski definition) is 1. The summed E-state index contributed by atoms with van der Waals surface area (Å²) < 4.78 is 10.0. The topological polar surface area (TPSA) is 72.8 Å². The van der Waals surface area contributed by atoms with Gasteiger partial charge in [-0.05, 0) is 13.8 Å². The summed E-state index contributed by atoms with van der Waals surface area (Å²) in [5.74, 6) is -4.19. The molecular formula is C9H14O5. The van der Waals surface area contributed by atoms with Gasteiger partial charge in [-0.2, -0.15) is 0 Å². The average molecular weight is 202 g/mol. The van der Waals surface area contributed by atoms with E-state index in [1.165, 1.54) is 13.8 Å². The van der Waals surface area contributed by atoms with Gasteiger partial charge in [0.15, 0.2) is 5.60 Å². The average Bonchev–Trinajstić information content (AvgIpc) is 2.24. The maximum absolute atomic E-state index is 11.3. The molecule has 0 aromatic heterocycles. The van der Waals surface area contributed by atoms with Gasteiger partial charge in [0.2, 0.25) is 0 Å². The highest BCUT2D eigenvalue weighted by Gasteiger charge is 2.59. The zero-order chi connectivity index (χ0) is 11.1. The molecule has 0 aliphatic carbocycles. The molecule has 1 N–H and O–H groups in total. The Kier molecular flexibility index (Phi) is 2.31. The van der Waals surface area contributed by atoms with E-state index in [4.69, 9.17) is 14.6 Å². The van der Waals surface area contributed by atoms with Crippen molar-refractivity contribution < 1.29 is 24.2 Å². The van der Waals surface area contributed by atoms with Crippen LogP contribution in [0.1, 0.15) is 27.7 Å². The maximum Gasteiger partial charge on any atom is 0.377 e. The van der Waals surface area contributed by atoms with Crippen molar-refractivity contribution in [3.63, 3.8) is 0 Å². The first-order valence-corrected chi connectivity index (χ1v) is 4.39. The number of cyclic esters (lactones) is 1. The number of esters is 1. The molecule has 1 rings (SSSR count). The first-order chi connectivity index (χ1) is 6.22. The van der Waals surface area contributed by atoms with Crippen LogP contribution in [0.3, 0.4) is 0 Å². The van der Waals surface area contributed by atoms with Gasteiger partial charge in [-0.15, -0.1) is 0 Å². The predicted molar refractivity (Wildman–Crippen MR) is 46.5 cm³/mol. The molecule has 1 aliphatic heterocycles. The van der Waals surface area contributed by atoms with Crippen molar-refractivity contribution in [2.45, 2.75) is 39.1 Å². The van der Waals surface area contributed by atoms with E-state index in [1.807, 2.05) is 0 Å². The molecule has 0 bridgehead atoms. The van der Waals surface area contributed by atoms with Crippen molar-refractivity contribution in [3.8, 4) is 0 Å². The zero-order valence-corrected chi connectivity index (χ0v) is 8.66.